The number of carbonyl (C=O) groups is 1. The third-order valence-corrected chi connectivity index (χ3v) is 5.83. The van der Waals surface area contributed by atoms with Gasteiger partial charge in [0.2, 0.25) is 0 Å². The second-order valence-corrected chi connectivity index (χ2v) is 8.91. The minimum atomic E-state index is -0.588. The quantitative estimate of drug-likeness (QED) is 0.142. The van der Waals surface area contributed by atoms with Gasteiger partial charge in [0.25, 0.3) is 0 Å². The highest BCUT2D eigenvalue weighted by molar-refractivity contribution is 5.77. The van der Waals surface area contributed by atoms with Crippen LogP contribution in [0.5, 0.6) is 5.75 Å². The molecule has 1 aromatic carbocycles. The van der Waals surface area contributed by atoms with E-state index in [4.69, 9.17) is 10.5 Å². The molecule has 0 saturated heterocycles. The van der Waals surface area contributed by atoms with Crippen LogP contribution in [-0.4, -0.2) is 12.0 Å². The standard InChI is InChI=1S/C27H47NO2/c1-3-4-5-6-7-8-9-10-11-12-13-14-15-16-17-18-19-25-20-22-26(23-21-25)30-27(29)24(2)28/h20-24H,3-19,28H2,1-2H3/t24-/m0/s1. The molecule has 0 spiro atoms. The Morgan fingerprint density at radius 3 is 1.53 bits per heavy atom. The van der Waals surface area contributed by atoms with E-state index in [1.54, 1.807) is 6.92 Å². The van der Waals surface area contributed by atoms with E-state index < -0.39 is 6.04 Å². The van der Waals surface area contributed by atoms with Crippen molar-refractivity contribution in [3.05, 3.63) is 29.8 Å². The van der Waals surface area contributed by atoms with Gasteiger partial charge in [0, 0.05) is 0 Å². The van der Waals surface area contributed by atoms with Gasteiger partial charge in [0.1, 0.15) is 11.8 Å². The van der Waals surface area contributed by atoms with Crippen LogP contribution in [-0.2, 0) is 11.2 Å². The number of hydrogen-bond acceptors (Lipinski definition) is 3. The molecular formula is C27H47NO2. The minimum Gasteiger partial charge on any atom is -0.425 e. The van der Waals surface area contributed by atoms with E-state index in [2.05, 4.69) is 19.1 Å². The highest BCUT2D eigenvalue weighted by atomic mass is 16.5. The molecule has 172 valence electrons. The Morgan fingerprint density at radius 1 is 0.733 bits per heavy atom. The number of benzene rings is 1. The number of aryl methyl sites for hydroxylation is 1. The number of rotatable bonds is 19. The first kappa shape index (κ1) is 26.7. The average Bonchev–Trinajstić information content (AvgIpc) is 2.74. The van der Waals surface area contributed by atoms with E-state index in [1.807, 2.05) is 12.1 Å². The molecule has 0 amide bonds. The van der Waals surface area contributed by atoms with E-state index in [1.165, 1.54) is 108 Å². The van der Waals surface area contributed by atoms with Crippen molar-refractivity contribution in [2.24, 2.45) is 5.73 Å². The molecule has 3 nitrogen and oxygen atoms in total. The van der Waals surface area contributed by atoms with Crippen molar-refractivity contribution < 1.29 is 9.53 Å². The van der Waals surface area contributed by atoms with Crippen molar-refractivity contribution >= 4 is 5.97 Å². The number of ether oxygens (including phenoxy) is 1. The molecule has 30 heavy (non-hydrogen) atoms. The van der Waals surface area contributed by atoms with E-state index in [-0.39, 0.29) is 5.97 Å². The highest BCUT2D eigenvalue weighted by Crippen LogP contribution is 2.16. The molecule has 1 rings (SSSR count). The average molecular weight is 418 g/mol. The molecule has 0 saturated carbocycles. The highest BCUT2D eigenvalue weighted by Gasteiger charge is 2.09. The van der Waals surface area contributed by atoms with Gasteiger partial charge >= 0.3 is 5.97 Å². The number of esters is 1. The maximum atomic E-state index is 11.5. The Kier molecular flexibility index (Phi) is 16.4. The summed E-state index contributed by atoms with van der Waals surface area (Å²) < 4.78 is 5.20. The van der Waals surface area contributed by atoms with E-state index >= 15 is 0 Å². The smallest absolute Gasteiger partial charge is 0.328 e. The lowest BCUT2D eigenvalue weighted by atomic mass is 10.0. The maximum Gasteiger partial charge on any atom is 0.328 e. The fraction of sp³-hybridized carbons (Fsp3) is 0.741. The van der Waals surface area contributed by atoms with Crippen molar-refractivity contribution in [3.63, 3.8) is 0 Å². The van der Waals surface area contributed by atoms with Crippen LogP contribution >= 0.6 is 0 Å². The SMILES string of the molecule is CCCCCCCCCCCCCCCCCCc1ccc(OC(=O)[C@H](C)N)cc1. The summed E-state index contributed by atoms with van der Waals surface area (Å²) in [7, 11) is 0. The van der Waals surface area contributed by atoms with Crippen molar-refractivity contribution in [3.8, 4) is 5.75 Å². The summed E-state index contributed by atoms with van der Waals surface area (Å²) in [5, 5.41) is 0. The molecule has 0 heterocycles. The number of carbonyl (C=O) groups excluding carboxylic acids is 1. The van der Waals surface area contributed by atoms with Gasteiger partial charge in [-0.05, 0) is 37.5 Å². The molecule has 1 atom stereocenters. The molecule has 0 aliphatic carbocycles. The fourth-order valence-corrected chi connectivity index (χ4v) is 3.81. The Bertz CT molecular complexity index is 524. The maximum absolute atomic E-state index is 11.5. The van der Waals surface area contributed by atoms with Crippen LogP contribution in [0.1, 0.15) is 122 Å². The summed E-state index contributed by atoms with van der Waals surface area (Å²) in [6.07, 6.45) is 23.5. The van der Waals surface area contributed by atoms with Gasteiger partial charge in [0.05, 0.1) is 0 Å². The number of nitrogens with two attached hydrogens (primary N) is 1. The molecule has 0 aliphatic heterocycles. The van der Waals surface area contributed by atoms with Crippen molar-refractivity contribution in [1.82, 2.24) is 0 Å². The molecule has 0 aromatic heterocycles. The molecule has 0 fully saturated rings. The fourth-order valence-electron chi connectivity index (χ4n) is 3.81. The summed E-state index contributed by atoms with van der Waals surface area (Å²) in [5.41, 5.74) is 6.82. The van der Waals surface area contributed by atoms with Gasteiger partial charge in [-0.25, -0.2) is 4.79 Å². The monoisotopic (exact) mass is 417 g/mol. The molecule has 0 unspecified atom stereocenters. The normalized spacial score (nSPS) is 12.1. The Labute approximate surface area is 186 Å². The van der Waals surface area contributed by atoms with Gasteiger partial charge in [-0.15, -0.1) is 0 Å². The van der Waals surface area contributed by atoms with Gasteiger partial charge in [0.15, 0.2) is 0 Å². The lowest BCUT2D eigenvalue weighted by molar-refractivity contribution is -0.135. The summed E-state index contributed by atoms with van der Waals surface area (Å²) in [4.78, 5) is 11.5. The molecule has 1 aromatic rings. The van der Waals surface area contributed by atoms with Crippen LogP contribution in [0, 0.1) is 0 Å². The van der Waals surface area contributed by atoms with Gasteiger partial charge in [-0.3, -0.25) is 0 Å². The summed E-state index contributed by atoms with van der Waals surface area (Å²) in [6.45, 7) is 3.92. The zero-order valence-corrected chi connectivity index (χ0v) is 19.8. The second-order valence-electron chi connectivity index (χ2n) is 8.91. The first-order valence-corrected chi connectivity index (χ1v) is 12.7. The van der Waals surface area contributed by atoms with Crippen LogP contribution in [0.15, 0.2) is 24.3 Å². The predicted octanol–water partition coefficient (Wildman–Crippen LogP) is 7.74. The largest absolute Gasteiger partial charge is 0.425 e. The predicted molar refractivity (Wildman–Crippen MR) is 129 cm³/mol. The molecule has 0 aliphatic rings. The van der Waals surface area contributed by atoms with Crippen LogP contribution in [0.4, 0.5) is 0 Å². The number of hydrogen-bond donors (Lipinski definition) is 1. The molecule has 3 heteroatoms. The summed E-state index contributed by atoms with van der Waals surface area (Å²) >= 11 is 0. The number of unbranched alkanes of at least 4 members (excludes halogenated alkanes) is 15. The lowest BCUT2D eigenvalue weighted by Gasteiger charge is -2.07. The Balaban J connectivity index is 1.88. The minimum absolute atomic E-state index is 0.388. The Morgan fingerprint density at radius 2 is 1.13 bits per heavy atom. The van der Waals surface area contributed by atoms with Gasteiger partial charge in [-0.1, -0.05) is 115 Å². The van der Waals surface area contributed by atoms with E-state index in [0.717, 1.165) is 6.42 Å². The lowest BCUT2D eigenvalue weighted by Crippen LogP contribution is -2.30. The van der Waals surface area contributed by atoms with Gasteiger partial charge in [-0.2, -0.15) is 0 Å². The molecular weight excluding hydrogens is 370 g/mol. The van der Waals surface area contributed by atoms with E-state index in [0.29, 0.717) is 5.75 Å². The second kappa shape index (κ2) is 18.4. The van der Waals surface area contributed by atoms with E-state index in [9.17, 15) is 4.79 Å². The first-order valence-electron chi connectivity index (χ1n) is 12.7. The van der Waals surface area contributed by atoms with Crippen LogP contribution in [0.2, 0.25) is 0 Å². The summed E-state index contributed by atoms with van der Waals surface area (Å²) in [6, 6.07) is 7.24. The van der Waals surface area contributed by atoms with Crippen molar-refractivity contribution in [1.29, 1.82) is 0 Å². The molecule has 2 N–H and O–H groups in total. The van der Waals surface area contributed by atoms with Crippen LogP contribution in [0.25, 0.3) is 0 Å². The zero-order chi connectivity index (χ0) is 21.9. The van der Waals surface area contributed by atoms with Crippen LogP contribution < -0.4 is 10.5 Å². The van der Waals surface area contributed by atoms with Gasteiger partial charge < -0.3 is 10.5 Å². The topological polar surface area (TPSA) is 52.3 Å². The third kappa shape index (κ3) is 14.6. The van der Waals surface area contributed by atoms with Crippen LogP contribution in [0.3, 0.4) is 0 Å². The van der Waals surface area contributed by atoms with Crippen molar-refractivity contribution in [2.75, 3.05) is 0 Å². The molecule has 0 radical (unpaired) electrons. The Hall–Kier alpha value is -1.35. The van der Waals surface area contributed by atoms with Crippen molar-refractivity contribution in [2.45, 2.75) is 129 Å². The molecule has 0 bridgehead atoms. The summed E-state index contributed by atoms with van der Waals surface area (Å²) in [5.74, 6) is 0.188. The third-order valence-electron chi connectivity index (χ3n) is 5.83. The zero-order valence-electron chi connectivity index (χ0n) is 19.8. The first-order chi connectivity index (χ1) is 14.6.